The summed E-state index contributed by atoms with van der Waals surface area (Å²) in [7, 11) is -4.64. The summed E-state index contributed by atoms with van der Waals surface area (Å²) in [4.78, 5) is 41.4. The van der Waals surface area contributed by atoms with Crippen LogP contribution < -0.4 is 0 Å². The first-order valence-corrected chi connectivity index (χ1v) is 4.07. The third-order valence-electron chi connectivity index (χ3n) is 0.557. The van der Waals surface area contributed by atoms with Crippen LogP contribution in [0.25, 0.3) is 0 Å². The molecule has 8 heteroatoms. The maximum absolute atomic E-state index is 9.92. The lowest BCUT2D eigenvalue weighted by molar-refractivity contribution is -0.150. The van der Waals surface area contributed by atoms with E-state index in [9.17, 15) is 9.59 Å². The van der Waals surface area contributed by atoms with Crippen molar-refractivity contribution >= 4 is 19.8 Å². The molecule has 0 saturated heterocycles. The summed E-state index contributed by atoms with van der Waals surface area (Å²) in [6.45, 7) is 0. The van der Waals surface area contributed by atoms with Crippen LogP contribution in [0.15, 0.2) is 12.2 Å². The zero-order valence-corrected chi connectivity index (χ0v) is 6.47. The van der Waals surface area contributed by atoms with E-state index < -0.39 is 19.8 Å². The van der Waals surface area contributed by atoms with E-state index >= 15 is 0 Å². The number of ether oxygens (including phenoxy) is 1. The number of cyclic esters (lactones) is 2. The Morgan fingerprint density at radius 3 is 1.42 bits per heavy atom. The van der Waals surface area contributed by atoms with Crippen LogP contribution >= 0.6 is 7.82 Å². The van der Waals surface area contributed by atoms with E-state index in [0.717, 1.165) is 12.2 Å². The van der Waals surface area contributed by atoms with Crippen LogP contribution in [0.5, 0.6) is 0 Å². The van der Waals surface area contributed by atoms with Crippen molar-refractivity contribution in [3.63, 3.8) is 0 Å². The first kappa shape index (κ1) is 11.0. The van der Waals surface area contributed by atoms with E-state index in [-0.39, 0.29) is 0 Å². The summed E-state index contributed by atoms with van der Waals surface area (Å²) >= 11 is 0. The Bertz CT molecular complexity index is 236. The zero-order valence-electron chi connectivity index (χ0n) is 5.58. The van der Waals surface area contributed by atoms with Crippen LogP contribution in [0.3, 0.4) is 0 Å². The number of hydrogen-bond donors (Lipinski definition) is 3. The first-order valence-electron chi connectivity index (χ1n) is 2.51. The first-order chi connectivity index (χ1) is 5.29. The quantitative estimate of drug-likeness (QED) is 0.250. The lowest BCUT2D eigenvalue weighted by atomic mass is 10.6. The molecule has 0 amide bonds. The molecule has 0 aliphatic carbocycles. The fourth-order valence-electron chi connectivity index (χ4n) is 0.303. The van der Waals surface area contributed by atoms with E-state index in [1.807, 2.05) is 0 Å². The minimum absolute atomic E-state index is 0.579. The van der Waals surface area contributed by atoms with Gasteiger partial charge in [-0.3, -0.25) is 0 Å². The predicted molar refractivity (Wildman–Crippen MR) is 34.5 cm³/mol. The van der Waals surface area contributed by atoms with Crippen molar-refractivity contribution in [2.24, 2.45) is 0 Å². The van der Waals surface area contributed by atoms with Crippen molar-refractivity contribution in [2.45, 2.75) is 0 Å². The highest BCUT2D eigenvalue weighted by Crippen LogP contribution is 2.25. The second-order valence-corrected chi connectivity index (χ2v) is 2.61. The number of carbonyl (C=O) groups excluding carboxylic acids is 2. The second-order valence-electron chi connectivity index (χ2n) is 1.59. The van der Waals surface area contributed by atoms with Gasteiger partial charge >= 0.3 is 19.8 Å². The predicted octanol–water partition coefficient (Wildman–Crippen LogP) is -1.30. The summed E-state index contributed by atoms with van der Waals surface area (Å²) in [5.41, 5.74) is 0. The van der Waals surface area contributed by atoms with Gasteiger partial charge in [-0.15, -0.1) is 0 Å². The largest absolute Gasteiger partial charge is 0.466 e. The van der Waals surface area contributed by atoms with E-state index in [2.05, 4.69) is 4.74 Å². The topological polar surface area (TPSA) is 121 Å². The van der Waals surface area contributed by atoms with Gasteiger partial charge in [0.05, 0.1) is 0 Å². The highest BCUT2D eigenvalue weighted by atomic mass is 31.2. The van der Waals surface area contributed by atoms with Crippen LogP contribution in [0.2, 0.25) is 0 Å². The van der Waals surface area contributed by atoms with Crippen LogP contribution in [-0.4, -0.2) is 26.6 Å². The molecular weight excluding hydrogens is 191 g/mol. The number of phosphoric acid groups is 1. The maximum atomic E-state index is 9.92. The minimum atomic E-state index is -4.64. The molecule has 0 fully saturated rings. The number of hydrogen-bond acceptors (Lipinski definition) is 4. The third-order valence-corrected chi connectivity index (χ3v) is 0.557. The van der Waals surface area contributed by atoms with Crippen molar-refractivity contribution in [1.29, 1.82) is 0 Å². The van der Waals surface area contributed by atoms with Crippen LogP contribution in [0.4, 0.5) is 0 Å². The Kier molecular flexibility index (Phi) is 3.78. The smallest absolute Gasteiger partial charge is 0.387 e. The van der Waals surface area contributed by atoms with Gasteiger partial charge in [0.2, 0.25) is 0 Å². The normalized spacial score (nSPS) is 15.2. The number of carbonyl (C=O) groups is 2. The van der Waals surface area contributed by atoms with Gasteiger partial charge in [0.15, 0.2) is 0 Å². The number of esters is 2. The Morgan fingerprint density at radius 1 is 1.08 bits per heavy atom. The average molecular weight is 196 g/mol. The van der Waals surface area contributed by atoms with Gasteiger partial charge in [-0.25, -0.2) is 14.2 Å². The highest BCUT2D eigenvalue weighted by Gasteiger charge is 2.10. The monoisotopic (exact) mass is 196 g/mol. The maximum Gasteiger partial charge on any atom is 0.466 e. The van der Waals surface area contributed by atoms with Gasteiger partial charge in [0, 0.05) is 12.2 Å². The SMILES string of the molecule is O=C1C=CC(=O)O1.O=P(O)(O)O. The van der Waals surface area contributed by atoms with E-state index in [1.54, 1.807) is 0 Å². The lowest BCUT2D eigenvalue weighted by Crippen LogP contribution is -1.96. The van der Waals surface area contributed by atoms with Gasteiger partial charge < -0.3 is 19.4 Å². The standard InChI is InChI=1S/C4H2O3.H3O4P/c5-3-1-2-4(6)7-3;1-5(2,3)4/h1-2H;(H3,1,2,3,4). The summed E-state index contributed by atoms with van der Waals surface area (Å²) in [6, 6.07) is 0. The second kappa shape index (κ2) is 4.13. The molecule has 1 aliphatic rings. The van der Waals surface area contributed by atoms with E-state index in [1.165, 1.54) is 0 Å². The average Bonchev–Trinajstić information content (AvgIpc) is 2.09. The number of rotatable bonds is 0. The van der Waals surface area contributed by atoms with Gasteiger partial charge in [-0.1, -0.05) is 0 Å². The molecule has 0 radical (unpaired) electrons. The molecule has 0 bridgehead atoms. The van der Waals surface area contributed by atoms with Crippen molar-refractivity contribution in [3.8, 4) is 0 Å². The summed E-state index contributed by atoms with van der Waals surface area (Å²) in [6.07, 6.45) is 2.17. The van der Waals surface area contributed by atoms with E-state index in [4.69, 9.17) is 19.2 Å². The fourth-order valence-corrected chi connectivity index (χ4v) is 0.303. The van der Waals surface area contributed by atoms with Gasteiger partial charge in [0.1, 0.15) is 0 Å². The molecule has 0 aromatic heterocycles. The van der Waals surface area contributed by atoms with Crippen molar-refractivity contribution < 1.29 is 33.6 Å². The summed E-state index contributed by atoms with van der Waals surface area (Å²) < 4.78 is 12.9. The highest BCUT2D eigenvalue weighted by molar-refractivity contribution is 7.45. The van der Waals surface area contributed by atoms with Gasteiger partial charge in [-0.2, -0.15) is 0 Å². The van der Waals surface area contributed by atoms with Crippen LogP contribution in [0, 0.1) is 0 Å². The molecule has 0 spiro atoms. The molecule has 0 atom stereocenters. The molecule has 0 saturated carbocycles. The minimum Gasteiger partial charge on any atom is -0.387 e. The molecule has 1 heterocycles. The summed E-state index contributed by atoms with van der Waals surface area (Å²) in [5, 5.41) is 0. The molecule has 0 aromatic carbocycles. The molecule has 0 unspecified atom stereocenters. The molecule has 68 valence electrons. The Hall–Kier alpha value is -1.01. The molecule has 12 heavy (non-hydrogen) atoms. The molecule has 1 aliphatic heterocycles. The fraction of sp³-hybridized carbons (Fsp3) is 0. The van der Waals surface area contributed by atoms with Crippen molar-refractivity contribution in [1.82, 2.24) is 0 Å². The van der Waals surface area contributed by atoms with Gasteiger partial charge in [-0.05, 0) is 0 Å². The Balaban J connectivity index is 0.000000217. The Labute approximate surface area is 66.5 Å². The molecular formula is C4H5O7P. The Morgan fingerprint density at radius 2 is 1.33 bits per heavy atom. The molecule has 1 rings (SSSR count). The van der Waals surface area contributed by atoms with Crippen molar-refractivity contribution in [3.05, 3.63) is 12.2 Å². The van der Waals surface area contributed by atoms with Gasteiger partial charge in [0.25, 0.3) is 0 Å². The lowest BCUT2D eigenvalue weighted by Gasteiger charge is -1.82. The molecule has 0 aromatic rings. The molecule has 3 N–H and O–H groups in total. The zero-order chi connectivity index (χ0) is 9.78. The van der Waals surface area contributed by atoms with Crippen LogP contribution in [-0.2, 0) is 18.9 Å². The van der Waals surface area contributed by atoms with Crippen LogP contribution in [0.1, 0.15) is 0 Å². The van der Waals surface area contributed by atoms with E-state index in [0.29, 0.717) is 0 Å². The molecule has 7 nitrogen and oxygen atoms in total. The van der Waals surface area contributed by atoms with Crippen molar-refractivity contribution in [2.75, 3.05) is 0 Å². The summed E-state index contributed by atoms with van der Waals surface area (Å²) in [5.74, 6) is -1.16. The third kappa shape index (κ3) is 8.99.